The van der Waals surface area contributed by atoms with Crippen molar-refractivity contribution in [1.82, 2.24) is 4.90 Å². The predicted molar refractivity (Wildman–Crippen MR) is 63.4 cm³/mol. The Hall–Kier alpha value is -0.363. The van der Waals surface area contributed by atoms with E-state index in [1.807, 2.05) is 4.90 Å². The molecule has 0 heterocycles. The van der Waals surface area contributed by atoms with Crippen molar-refractivity contribution < 1.29 is 27.6 Å². The zero-order valence-electron chi connectivity index (χ0n) is 10.7. The van der Waals surface area contributed by atoms with E-state index in [9.17, 15) is 8.78 Å². The van der Waals surface area contributed by atoms with Gasteiger partial charge in [-0.05, 0) is 6.07 Å². The van der Waals surface area contributed by atoms with Crippen molar-refractivity contribution in [2.24, 2.45) is 0 Å². The van der Waals surface area contributed by atoms with Crippen molar-refractivity contribution in [3.8, 4) is 0 Å². The van der Waals surface area contributed by atoms with Crippen molar-refractivity contribution in [2.75, 3.05) is 13.1 Å². The van der Waals surface area contributed by atoms with E-state index in [0.717, 1.165) is 6.07 Å². The molecule has 0 unspecified atom stereocenters. The third-order valence-corrected chi connectivity index (χ3v) is 2.04. The van der Waals surface area contributed by atoms with Gasteiger partial charge in [-0.15, -0.1) is 13.1 Å². The van der Waals surface area contributed by atoms with Crippen LogP contribution in [0.3, 0.4) is 0 Å². The first-order chi connectivity index (χ1) is 7.67. The van der Waals surface area contributed by atoms with Gasteiger partial charge in [0.1, 0.15) is 11.6 Å². The van der Waals surface area contributed by atoms with Crippen LogP contribution in [0.4, 0.5) is 8.78 Å². The second-order valence-electron chi connectivity index (χ2n) is 3.01. The van der Waals surface area contributed by atoms with Crippen molar-refractivity contribution in [2.45, 2.75) is 13.5 Å². The summed E-state index contributed by atoms with van der Waals surface area (Å²) in [5.41, 5.74) is 0.471. The van der Waals surface area contributed by atoms with Crippen LogP contribution in [0.1, 0.15) is 12.5 Å². The van der Waals surface area contributed by atoms with Gasteiger partial charge in [-0.3, -0.25) is 0 Å². The Morgan fingerprint density at radius 3 is 2.06 bits per heavy atom. The molecule has 1 aromatic rings. The molecule has 0 aliphatic heterocycles. The summed E-state index contributed by atoms with van der Waals surface area (Å²) >= 11 is 0. The van der Waals surface area contributed by atoms with Crippen molar-refractivity contribution >= 4 is 0 Å². The number of hydrogen-bond acceptors (Lipinski definition) is 1. The number of benzene rings is 1. The maximum absolute atomic E-state index is 13.2. The molecule has 1 aromatic carbocycles. The van der Waals surface area contributed by atoms with Gasteiger partial charge in [0.25, 0.3) is 0 Å². The number of nitrogens with zero attached hydrogens (tertiary/aromatic N) is 1. The molecule has 0 bridgehead atoms. The molecule has 4 heteroatoms. The summed E-state index contributed by atoms with van der Waals surface area (Å²) in [6.45, 7) is 13.9. The Labute approximate surface area is 115 Å². The molecule has 0 saturated heterocycles. The van der Waals surface area contributed by atoms with Gasteiger partial charge in [0.05, 0.1) is 0 Å². The van der Waals surface area contributed by atoms with Crippen molar-refractivity contribution in [1.29, 1.82) is 0 Å². The smallest absolute Gasteiger partial charge is 0.359 e. The Balaban J connectivity index is 0. The predicted octanol–water partition coefficient (Wildman–Crippen LogP) is 0.279. The molecule has 0 aromatic heterocycles. The summed E-state index contributed by atoms with van der Waals surface area (Å²) in [6.07, 6.45) is 0. The summed E-state index contributed by atoms with van der Waals surface area (Å²) in [7, 11) is 0. The Kier molecular flexibility index (Phi) is 12.0. The van der Waals surface area contributed by atoms with Crippen LogP contribution in [0.25, 0.3) is 0 Å². The normalized spacial score (nSPS) is 9.35. The summed E-state index contributed by atoms with van der Waals surface area (Å²) < 4.78 is 25.7. The first kappa shape index (κ1) is 19.0. The monoisotopic (exact) mass is 233 g/mol. The first-order valence-electron chi connectivity index (χ1n) is 5.13. The van der Waals surface area contributed by atoms with Crippen LogP contribution in [0, 0.1) is 32.4 Å². The Morgan fingerprint density at radius 2 is 1.65 bits per heavy atom. The topological polar surface area (TPSA) is 3.24 Å². The summed E-state index contributed by atoms with van der Waals surface area (Å²) in [5, 5.41) is 0. The first-order valence-corrected chi connectivity index (χ1v) is 5.13. The third-order valence-electron chi connectivity index (χ3n) is 2.04. The van der Waals surface area contributed by atoms with Gasteiger partial charge in [0.2, 0.25) is 0 Å². The molecule has 0 fully saturated rings. The van der Waals surface area contributed by atoms with Crippen LogP contribution in [0.2, 0.25) is 0 Å². The van der Waals surface area contributed by atoms with Crippen LogP contribution in [0.5, 0.6) is 0 Å². The van der Waals surface area contributed by atoms with Crippen LogP contribution in [-0.4, -0.2) is 18.0 Å². The molecule has 0 saturated carbocycles. The molecule has 0 aliphatic carbocycles. The molecule has 0 aliphatic rings. The molecule has 0 radical (unpaired) electrons. The van der Waals surface area contributed by atoms with Gasteiger partial charge in [0, 0.05) is 18.2 Å². The maximum Gasteiger partial charge on any atom is 1.00 e. The minimum Gasteiger partial charge on any atom is -0.359 e. The molecule has 92 valence electrons. The standard InChI is InChI=1S/C11H13F2N.C2H5.Li/c1-3-14(4-2)8-9-5-6-10(12)7-11(9)13;1-2;/h5-7H,1-4,8H2;1H2,2H3;/q-2;-1;+1. The minimum atomic E-state index is -0.554. The van der Waals surface area contributed by atoms with E-state index < -0.39 is 11.6 Å². The zero-order chi connectivity index (χ0) is 12.6. The second kappa shape index (κ2) is 10.8. The van der Waals surface area contributed by atoms with E-state index >= 15 is 0 Å². The Bertz CT molecular complexity index is 301. The van der Waals surface area contributed by atoms with E-state index in [0.29, 0.717) is 25.2 Å². The molecule has 0 spiro atoms. The van der Waals surface area contributed by atoms with Gasteiger partial charge in [-0.1, -0.05) is 6.07 Å². The molecular weight excluding hydrogens is 215 g/mol. The largest absolute Gasteiger partial charge is 1.00 e. The average molecular weight is 233 g/mol. The van der Waals surface area contributed by atoms with Crippen molar-refractivity contribution in [3.05, 3.63) is 56.2 Å². The van der Waals surface area contributed by atoms with Gasteiger partial charge >= 0.3 is 18.9 Å². The minimum absolute atomic E-state index is 0. The summed E-state index contributed by atoms with van der Waals surface area (Å²) in [6, 6.07) is 3.59. The molecule has 1 rings (SSSR count). The summed E-state index contributed by atoms with van der Waals surface area (Å²) in [4.78, 5) is 1.86. The fourth-order valence-electron chi connectivity index (χ4n) is 1.16. The van der Waals surface area contributed by atoms with E-state index in [2.05, 4.69) is 20.8 Å². The van der Waals surface area contributed by atoms with Crippen LogP contribution in [0.15, 0.2) is 18.2 Å². The molecule has 0 amide bonds. The van der Waals surface area contributed by atoms with Gasteiger partial charge in [0.15, 0.2) is 0 Å². The molecule has 1 nitrogen and oxygen atoms in total. The van der Waals surface area contributed by atoms with Crippen LogP contribution >= 0.6 is 0 Å². The second-order valence-corrected chi connectivity index (χ2v) is 3.01. The molecule has 0 N–H and O–H groups in total. The fraction of sp³-hybridized carbons (Fsp3) is 0.308. The molecular formula is C13H18F2LiN-2. The van der Waals surface area contributed by atoms with Gasteiger partial charge < -0.3 is 25.7 Å². The van der Waals surface area contributed by atoms with Gasteiger partial charge in [-0.25, -0.2) is 8.78 Å². The molecule has 0 atom stereocenters. The Morgan fingerprint density at radius 1 is 1.12 bits per heavy atom. The third kappa shape index (κ3) is 6.83. The van der Waals surface area contributed by atoms with E-state index in [1.54, 1.807) is 6.92 Å². The van der Waals surface area contributed by atoms with E-state index in [-0.39, 0.29) is 18.9 Å². The van der Waals surface area contributed by atoms with Crippen LogP contribution in [-0.2, 0) is 6.54 Å². The average Bonchev–Trinajstić information content (AvgIpc) is 2.31. The van der Waals surface area contributed by atoms with E-state index in [4.69, 9.17) is 0 Å². The van der Waals surface area contributed by atoms with Crippen molar-refractivity contribution in [3.63, 3.8) is 0 Å². The zero-order valence-corrected chi connectivity index (χ0v) is 10.7. The number of rotatable bonds is 4. The van der Waals surface area contributed by atoms with Gasteiger partial charge in [-0.2, -0.15) is 6.92 Å². The fourth-order valence-corrected chi connectivity index (χ4v) is 1.16. The summed E-state index contributed by atoms with van der Waals surface area (Å²) in [5.74, 6) is -1.07. The number of hydrogen-bond donors (Lipinski definition) is 0. The number of halogens is 2. The van der Waals surface area contributed by atoms with Crippen LogP contribution < -0.4 is 18.9 Å². The molecule has 17 heavy (non-hydrogen) atoms. The SMILES string of the molecule is [CH2-]C.[CH2-]CN(C[CH2-])Cc1ccc(F)cc1F.[Li+]. The quantitative estimate of drug-likeness (QED) is 0.533. The maximum atomic E-state index is 13.2. The van der Waals surface area contributed by atoms with E-state index in [1.165, 1.54) is 12.1 Å².